The van der Waals surface area contributed by atoms with E-state index >= 15 is 0 Å². The van der Waals surface area contributed by atoms with Crippen molar-refractivity contribution in [2.75, 3.05) is 7.11 Å². The van der Waals surface area contributed by atoms with Gasteiger partial charge in [0.15, 0.2) is 0 Å². The number of hydrogen-bond acceptors (Lipinski definition) is 3. The van der Waals surface area contributed by atoms with Crippen LogP contribution in [0, 0.1) is 6.92 Å². The van der Waals surface area contributed by atoms with Gasteiger partial charge >= 0.3 is 5.97 Å². The van der Waals surface area contributed by atoms with E-state index in [1.165, 1.54) is 0 Å². The Morgan fingerprint density at radius 1 is 1.57 bits per heavy atom. The van der Waals surface area contributed by atoms with Gasteiger partial charge < -0.3 is 9.84 Å². The Bertz CT molecular complexity index is 336. The molecule has 0 amide bonds. The van der Waals surface area contributed by atoms with E-state index in [9.17, 15) is 4.79 Å². The first-order chi connectivity index (χ1) is 6.63. The van der Waals surface area contributed by atoms with Crippen LogP contribution in [0.5, 0.6) is 5.88 Å². The number of pyridine rings is 1. The zero-order chi connectivity index (χ0) is 10.6. The lowest BCUT2D eigenvalue weighted by Gasteiger charge is -2.05. The number of aryl methyl sites for hydroxylation is 2. The average Bonchev–Trinajstić information content (AvgIpc) is 2.16. The number of aliphatic carboxylic acids is 1. The second-order valence-corrected chi connectivity index (χ2v) is 3.02. The monoisotopic (exact) mass is 195 g/mol. The van der Waals surface area contributed by atoms with Gasteiger partial charge in [-0.15, -0.1) is 0 Å². The van der Waals surface area contributed by atoms with Gasteiger partial charge in [0.1, 0.15) is 0 Å². The Morgan fingerprint density at radius 2 is 2.29 bits per heavy atom. The number of hydrogen-bond donors (Lipinski definition) is 1. The fourth-order valence-corrected chi connectivity index (χ4v) is 1.13. The Morgan fingerprint density at radius 3 is 2.86 bits per heavy atom. The first kappa shape index (κ1) is 10.5. The summed E-state index contributed by atoms with van der Waals surface area (Å²) in [5, 5.41) is 8.50. The van der Waals surface area contributed by atoms with E-state index in [2.05, 4.69) is 4.98 Å². The number of rotatable bonds is 4. The van der Waals surface area contributed by atoms with Crippen molar-refractivity contribution >= 4 is 5.97 Å². The summed E-state index contributed by atoms with van der Waals surface area (Å²) >= 11 is 0. The topological polar surface area (TPSA) is 59.4 Å². The summed E-state index contributed by atoms with van der Waals surface area (Å²) in [5.41, 5.74) is 1.70. The fraction of sp³-hybridized carbons (Fsp3) is 0.400. The highest BCUT2D eigenvalue weighted by atomic mass is 16.5. The zero-order valence-corrected chi connectivity index (χ0v) is 8.28. The van der Waals surface area contributed by atoms with E-state index in [1.807, 2.05) is 19.1 Å². The summed E-state index contributed by atoms with van der Waals surface area (Å²) in [6, 6.07) is 3.70. The molecule has 0 spiro atoms. The first-order valence-corrected chi connectivity index (χ1v) is 4.36. The second-order valence-electron chi connectivity index (χ2n) is 3.02. The molecule has 1 aromatic heterocycles. The van der Waals surface area contributed by atoms with Crippen LogP contribution in [-0.4, -0.2) is 23.2 Å². The van der Waals surface area contributed by atoms with Crippen LogP contribution in [0.3, 0.4) is 0 Å². The van der Waals surface area contributed by atoms with E-state index in [-0.39, 0.29) is 6.42 Å². The van der Waals surface area contributed by atoms with Gasteiger partial charge in [-0.05, 0) is 13.0 Å². The zero-order valence-electron chi connectivity index (χ0n) is 8.28. The van der Waals surface area contributed by atoms with Crippen molar-refractivity contribution in [3.63, 3.8) is 0 Å². The van der Waals surface area contributed by atoms with Gasteiger partial charge in [-0.2, -0.15) is 0 Å². The maximum absolute atomic E-state index is 10.3. The van der Waals surface area contributed by atoms with Crippen molar-refractivity contribution in [3.8, 4) is 5.88 Å². The van der Waals surface area contributed by atoms with Crippen molar-refractivity contribution in [2.45, 2.75) is 19.8 Å². The largest absolute Gasteiger partial charge is 0.481 e. The van der Waals surface area contributed by atoms with Crippen molar-refractivity contribution in [1.82, 2.24) is 4.98 Å². The normalized spacial score (nSPS) is 9.86. The number of nitrogens with zero attached hydrogens (tertiary/aromatic N) is 1. The Labute approximate surface area is 82.5 Å². The van der Waals surface area contributed by atoms with Gasteiger partial charge in [0, 0.05) is 17.7 Å². The predicted molar refractivity (Wildman–Crippen MR) is 51.5 cm³/mol. The van der Waals surface area contributed by atoms with Crippen LogP contribution in [-0.2, 0) is 11.2 Å². The lowest BCUT2D eigenvalue weighted by atomic mass is 10.2. The average molecular weight is 195 g/mol. The molecule has 0 aliphatic carbocycles. The summed E-state index contributed by atoms with van der Waals surface area (Å²) in [5.74, 6) is -0.251. The summed E-state index contributed by atoms with van der Waals surface area (Å²) < 4.78 is 5.03. The standard InChI is InChI=1S/C10H13NO3/c1-7-3-4-8(5-6-9(12)13)11-10(7)14-2/h3-4H,5-6H2,1-2H3,(H,12,13). The van der Waals surface area contributed by atoms with Gasteiger partial charge in [0.2, 0.25) is 5.88 Å². The number of carbonyl (C=O) groups is 1. The number of aromatic nitrogens is 1. The molecule has 0 atom stereocenters. The number of carboxylic acid groups (broad SMARTS) is 1. The molecule has 0 aromatic carbocycles. The van der Waals surface area contributed by atoms with Crippen molar-refractivity contribution in [3.05, 3.63) is 23.4 Å². The molecule has 0 fully saturated rings. The Hall–Kier alpha value is -1.58. The Balaban J connectivity index is 2.74. The molecule has 0 saturated heterocycles. The number of carboxylic acids is 1. The van der Waals surface area contributed by atoms with Crippen LogP contribution in [0.2, 0.25) is 0 Å². The van der Waals surface area contributed by atoms with E-state index in [1.54, 1.807) is 7.11 Å². The number of ether oxygens (including phenoxy) is 1. The SMILES string of the molecule is COc1nc(CCC(=O)O)ccc1C. The molecule has 4 nitrogen and oxygen atoms in total. The third-order valence-electron chi connectivity index (χ3n) is 1.90. The van der Waals surface area contributed by atoms with Crippen molar-refractivity contribution in [2.24, 2.45) is 0 Å². The summed E-state index contributed by atoms with van der Waals surface area (Å²) in [4.78, 5) is 14.5. The van der Waals surface area contributed by atoms with Crippen LogP contribution < -0.4 is 4.74 Å². The molecule has 76 valence electrons. The molecule has 0 bridgehead atoms. The summed E-state index contributed by atoms with van der Waals surface area (Å²) in [6.45, 7) is 1.90. The lowest BCUT2D eigenvalue weighted by molar-refractivity contribution is -0.136. The minimum absolute atomic E-state index is 0.0964. The molecule has 14 heavy (non-hydrogen) atoms. The van der Waals surface area contributed by atoms with Crippen molar-refractivity contribution in [1.29, 1.82) is 0 Å². The molecule has 0 aliphatic rings. The molecule has 4 heteroatoms. The molecule has 0 unspecified atom stereocenters. The molecule has 0 radical (unpaired) electrons. The molecule has 0 saturated carbocycles. The van der Waals surface area contributed by atoms with E-state index in [4.69, 9.17) is 9.84 Å². The fourth-order valence-electron chi connectivity index (χ4n) is 1.13. The van der Waals surface area contributed by atoms with E-state index < -0.39 is 5.97 Å². The maximum Gasteiger partial charge on any atom is 0.303 e. The molecule has 0 aliphatic heterocycles. The summed E-state index contributed by atoms with van der Waals surface area (Å²) in [7, 11) is 1.55. The Kier molecular flexibility index (Phi) is 3.45. The third kappa shape index (κ3) is 2.73. The van der Waals surface area contributed by atoms with Gasteiger partial charge in [-0.25, -0.2) is 4.98 Å². The van der Waals surface area contributed by atoms with Crippen LogP contribution in [0.1, 0.15) is 17.7 Å². The molecular weight excluding hydrogens is 182 g/mol. The minimum Gasteiger partial charge on any atom is -0.481 e. The lowest BCUT2D eigenvalue weighted by Crippen LogP contribution is -2.01. The molecule has 1 aromatic rings. The first-order valence-electron chi connectivity index (χ1n) is 4.36. The minimum atomic E-state index is -0.814. The van der Waals surface area contributed by atoms with Gasteiger partial charge in [-0.1, -0.05) is 6.07 Å². The molecule has 1 rings (SSSR count). The maximum atomic E-state index is 10.3. The second kappa shape index (κ2) is 4.60. The molecule has 1 heterocycles. The molecular formula is C10H13NO3. The van der Waals surface area contributed by atoms with Crippen LogP contribution in [0.15, 0.2) is 12.1 Å². The number of methoxy groups -OCH3 is 1. The van der Waals surface area contributed by atoms with Crippen LogP contribution >= 0.6 is 0 Å². The van der Waals surface area contributed by atoms with Crippen molar-refractivity contribution < 1.29 is 14.6 Å². The highest BCUT2D eigenvalue weighted by Gasteiger charge is 2.04. The molecule has 1 N–H and O–H groups in total. The summed E-state index contributed by atoms with van der Waals surface area (Å²) in [6.07, 6.45) is 0.533. The van der Waals surface area contributed by atoms with Gasteiger partial charge in [-0.3, -0.25) is 4.79 Å². The van der Waals surface area contributed by atoms with Crippen LogP contribution in [0.25, 0.3) is 0 Å². The quantitative estimate of drug-likeness (QED) is 0.789. The van der Waals surface area contributed by atoms with Crippen LogP contribution in [0.4, 0.5) is 0 Å². The third-order valence-corrected chi connectivity index (χ3v) is 1.90. The highest BCUT2D eigenvalue weighted by molar-refractivity contribution is 5.66. The van der Waals surface area contributed by atoms with E-state index in [0.29, 0.717) is 12.3 Å². The highest BCUT2D eigenvalue weighted by Crippen LogP contribution is 2.14. The van der Waals surface area contributed by atoms with Gasteiger partial charge in [0.05, 0.1) is 13.5 Å². The van der Waals surface area contributed by atoms with E-state index in [0.717, 1.165) is 11.3 Å². The predicted octanol–water partition coefficient (Wildman–Crippen LogP) is 1.42. The smallest absolute Gasteiger partial charge is 0.303 e. The van der Waals surface area contributed by atoms with Gasteiger partial charge in [0.25, 0.3) is 0 Å².